The average molecular weight is 397 g/mol. The van der Waals surface area contributed by atoms with Gasteiger partial charge in [0.2, 0.25) is 5.91 Å². The van der Waals surface area contributed by atoms with Crippen molar-refractivity contribution in [3.63, 3.8) is 0 Å². The van der Waals surface area contributed by atoms with Crippen molar-refractivity contribution < 1.29 is 4.79 Å². The lowest BCUT2D eigenvalue weighted by Gasteiger charge is -2.13. The largest absolute Gasteiger partial charge is 0.351 e. The van der Waals surface area contributed by atoms with Crippen LogP contribution in [0.25, 0.3) is 0 Å². The number of hydrogen-bond acceptors (Lipinski definition) is 4. The Hall–Kier alpha value is -0.900. The summed E-state index contributed by atoms with van der Waals surface area (Å²) in [6.07, 6.45) is 1.84. The van der Waals surface area contributed by atoms with Gasteiger partial charge in [-0.15, -0.1) is 35.3 Å². The highest BCUT2D eigenvalue weighted by molar-refractivity contribution is 14.0. The van der Waals surface area contributed by atoms with Crippen LogP contribution in [-0.4, -0.2) is 49.4 Å². The smallest absolute Gasteiger partial charge is 0.241 e. The molecule has 0 radical (unpaired) electrons. The van der Waals surface area contributed by atoms with Gasteiger partial charge in [0.25, 0.3) is 0 Å². The van der Waals surface area contributed by atoms with Gasteiger partial charge in [-0.1, -0.05) is 0 Å². The molecule has 6 nitrogen and oxygen atoms in total. The van der Waals surface area contributed by atoms with Crippen LogP contribution in [0.15, 0.2) is 11.2 Å². The molecule has 0 aliphatic carbocycles. The second-order valence-corrected chi connectivity index (χ2v) is 5.23. The molecule has 0 spiro atoms. The van der Waals surface area contributed by atoms with Gasteiger partial charge in [0.15, 0.2) is 5.96 Å². The molecule has 108 valence electrons. The Morgan fingerprint density at radius 3 is 2.63 bits per heavy atom. The van der Waals surface area contributed by atoms with E-state index in [2.05, 4.69) is 20.6 Å². The summed E-state index contributed by atoms with van der Waals surface area (Å²) < 4.78 is 0. The van der Waals surface area contributed by atoms with Crippen LogP contribution in [0.5, 0.6) is 0 Å². The Bertz CT molecular complexity index is 432. The van der Waals surface area contributed by atoms with E-state index in [0.717, 1.165) is 9.88 Å². The fourth-order valence-electron chi connectivity index (χ4n) is 1.20. The summed E-state index contributed by atoms with van der Waals surface area (Å²) in [5.74, 6) is 0.614. The van der Waals surface area contributed by atoms with E-state index in [1.54, 1.807) is 32.5 Å². The van der Waals surface area contributed by atoms with Crippen LogP contribution in [0.2, 0.25) is 0 Å². The Morgan fingerprint density at radius 1 is 1.47 bits per heavy atom. The summed E-state index contributed by atoms with van der Waals surface area (Å²) in [5.41, 5.74) is 0. The number of aryl methyl sites for hydroxylation is 1. The lowest BCUT2D eigenvalue weighted by Crippen LogP contribution is -2.42. The van der Waals surface area contributed by atoms with Crippen molar-refractivity contribution >= 4 is 47.2 Å². The summed E-state index contributed by atoms with van der Waals surface area (Å²) >= 11 is 1.64. The Labute approximate surface area is 134 Å². The fraction of sp³-hybridized carbons (Fsp3) is 0.545. The summed E-state index contributed by atoms with van der Waals surface area (Å²) in [6, 6.07) is 0. The molecule has 0 aromatic carbocycles. The molecule has 1 rings (SSSR count). The molecule has 1 heterocycles. The molecule has 1 aromatic rings. The van der Waals surface area contributed by atoms with E-state index >= 15 is 0 Å². The quantitative estimate of drug-likeness (QED) is 0.449. The first-order valence-electron chi connectivity index (χ1n) is 5.59. The van der Waals surface area contributed by atoms with E-state index in [4.69, 9.17) is 0 Å². The molecule has 1 amide bonds. The number of hydrogen-bond donors (Lipinski definition) is 2. The third kappa shape index (κ3) is 6.71. The molecular formula is C11H20IN5OS. The van der Waals surface area contributed by atoms with E-state index in [9.17, 15) is 4.79 Å². The number of thiazole rings is 1. The molecule has 0 atom stereocenters. The highest BCUT2D eigenvalue weighted by atomic mass is 127. The van der Waals surface area contributed by atoms with Gasteiger partial charge in [0, 0.05) is 32.2 Å². The minimum absolute atomic E-state index is 0. The number of aromatic nitrogens is 1. The SMILES string of the molecule is CN=C(NCC(=O)N(C)C)NCc1cnc(C)s1.I. The molecule has 0 saturated carbocycles. The van der Waals surface area contributed by atoms with E-state index in [0.29, 0.717) is 12.5 Å². The van der Waals surface area contributed by atoms with Crippen LogP contribution in [0.3, 0.4) is 0 Å². The van der Waals surface area contributed by atoms with Gasteiger partial charge in [0.1, 0.15) is 0 Å². The lowest BCUT2D eigenvalue weighted by atomic mass is 10.5. The molecule has 2 N–H and O–H groups in total. The molecule has 0 unspecified atom stereocenters. The van der Waals surface area contributed by atoms with Crippen molar-refractivity contribution in [2.24, 2.45) is 4.99 Å². The maximum Gasteiger partial charge on any atom is 0.241 e. The zero-order chi connectivity index (χ0) is 13.5. The third-order valence-corrected chi connectivity index (χ3v) is 3.14. The number of halogens is 1. The topological polar surface area (TPSA) is 69.6 Å². The monoisotopic (exact) mass is 397 g/mol. The zero-order valence-corrected chi connectivity index (χ0v) is 14.7. The van der Waals surface area contributed by atoms with Gasteiger partial charge >= 0.3 is 0 Å². The van der Waals surface area contributed by atoms with E-state index in [1.165, 1.54) is 4.90 Å². The Balaban J connectivity index is 0.00000324. The molecule has 0 bridgehead atoms. The van der Waals surface area contributed by atoms with Crippen LogP contribution in [0.4, 0.5) is 0 Å². The highest BCUT2D eigenvalue weighted by Crippen LogP contribution is 2.10. The minimum Gasteiger partial charge on any atom is -0.351 e. The van der Waals surface area contributed by atoms with Crippen LogP contribution in [-0.2, 0) is 11.3 Å². The van der Waals surface area contributed by atoms with E-state index in [1.807, 2.05) is 13.1 Å². The van der Waals surface area contributed by atoms with E-state index < -0.39 is 0 Å². The van der Waals surface area contributed by atoms with Gasteiger partial charge in [-0.05, 0) is 6.92 Å². The first-order valence-corrected chi connectivity index (χ1v) is 6.40. The molecule has 0 aliphatic heterocycles. The average Bonchev–Trinajstić information content (AvgIpc) is 2.74. The number of guanidine groups is 1. The predicted octanol–water partition coefficient (Wildman–Crippen LogP) is 0.823. The van der Waals surface area contributed by atoms with Gasteiger partial charge in [-0.3, -0.25) is 9.79 Å². The predicted molar refractivity (Wildman–Crippen MR) is 89.2 cm³/mol. The van der Waals surface area contributed by atoms with Crippen molar-refractivity contribution in [1.29, 1.82) is 0 Å². The standard InChI is InChI=1S/C11H19N5OS.HI/c1-8-13-5-9(18-8)6-14-11(12-2)15-7-10(17)16(3)4;/h5H,6-7H2,1-4H3,(H2,12,14,15);1H. The van der Waals surface area contributed by atoms with Crippen LogP contribution in [0, 0.1) is 6.92 Å². The number of likely N-dealkylation sites (N-methyl/N-ethyl adjacent to an activating group) is 1. The molecule has 0 saturated heterocycles. The number of amides is 1. The summed E-state index contributed by atoms with van der Waals surface area (Å²) in [7, 11) is 5.12. The minimum atomic E-state index is 0. The molecule has 0 fully saturated rings. The molecule has 19 heavy (non-hydrogen) atoms. The first-order chi connectivity index (χ1) is 8.52. The van der Waals surface area contributed by atoms with Gasteiger partial charge in [-0.2, -0.15) is 0 Å². The molecule has 0 aliphatic rings. The fourth-order valence-corrected chi connectivity index (χ4v) is 1.93. The number of carbonyl (C=O) groups excluding carboxylic acids is 1. The number of nitrogens with zero attached hydrogens (tertiary/aromatic N) is 3. The van der Waals surface area contributed by atoms with Gasteiger partial charge in [-0.25, -0.2) is 4.98 Å². The summed E-state index contributed by atoms with van der Waals surface area (Å²) in [4.78, 5) is 22.3. The number of rotatable bonds is 4. The number of carbonyl (C=O) groups is 1. The van der Waals surface area contributed by atoms with Crippen LogP contribution < -0.4 is 10.6 Å². The van der Waals surface area contributed by atoms with Crippen molar-refractivity contribution in [3.05, 3.63) is 16.1 Å². The molecule has 8 heteroatoms. The second-order valence-electron chi connectivity index (χ2n) is 3.91. The Morgan fingerprint density at radius 2 is 2.16 bits per heavy atom. The molecule has 1 aromatic heterocycles. The number of nitrogens with one attached hydrogen (secondary N) is 2. The maximum absolute atomic E-state index is 11.4. The van der Waals surface area contributed by atoms with Crippen molar-refractivity contribution in [2.75, 3.05) is 27.7 Å². The van der Waals surface area contributed by atoms with E-state index in [-0.39, 0.29) is 36.4 Å². The van der Waals surface area contributed by atoms with Crippen LogP contribution in [0.1, 0.15) is 9.88 Å². The van der Waals surface area contributed by atoms with Crippen molar-refractivity contribution in [1.82, 2.24) is 20.5 Å². The van der Waals surface area contributed by atoms with Gasteiger partial charge < -0.3 is 15.5 Å². The molecular weight excluding hydrogens is 377 g/mol. The lowest BCUT2D eigenvalue weighted by molar-refractivity contribution is -0.127. The van der Waals surface area contributed by atoms with Gasteiger partial charge in [0.05, 0.1) is 18.1 Å². The first kappa shape index (κ1) is 18.1. The van der Waals surface area contributed by atoms with Crippen LogP contribution >= 0.6 is 35.3 Å². The normalized spacial score (nSPS) is 10.6. The third-order valence-electron chi connectivity index (χ3n) is 2.23. The highest BCUT2D eigenvalue weighted by Gasteiger charge is 2.05. The summed E-state index contributed by atoms with van der Waals surface area (Å²) in [5, 5.41) is 7.13. The van der Waals surface area contributed by atoms with Crippen molar-refractivity contribution in [2.45, 2.75) is 13.5 Å². The maximum atomic E-state index is 11.4. The summed E-state index contributed by atoms with van der Waals surface area (Å²) in [6.45, 7) is 2.85. The zero-order valence-electron chi connectivity index (χ0n) is 11.6. The van der Waals surface area contributed by atoms with Crippen molar-refractivity contribution in [3.8, 4) is 0 Å². The number of aliphatic imine (C=N–C) groups is 1. The Kier molecular flexibility index (Phi) is 8.65. The second kappa shape index (κ2) is 9.08.